The highest BCUT2D eigenvalue weighted by molar-refractivity contribution is 7.99. The third kappa shape index (κ3) is 4.78. The van der Waals surface area contributed by atoms with Gasteiger partial charge in [0.1, 0.15) is 31.1 Å². The number of furan rings is 1. The van der Waals surface area contributed by atoms with Crippen molar-refractivity contribution < 1.29 is 18.7 Å². The van der Waals surface area contributed by atoms with Crippen LogP contribution in [0, 0.1) is 12.8 Å². The van der Waals surface area contributed by atoms with Gasteiger partial charge < -0.3 is 29.1 Å². The summed E-state index contributed by atoms with van der Waals surface area (Å²) in [5.41, 5.74) is 8.42. The van der Waals surface area contributed by atoms with Crippen molar-refractivity contribution in [3.63, 3.8) is 0 Å². The van der Waals surface area contributed by atoms with E-state index in [1.54, 1.807) is 6.92 Å². The molecule has 0 saturated carbocycles. The van der Waals surface area contributed by atoms with Gasteiger partial charge in [-0.3, -0.25) is 4.79 Å². The summed E-state index contributed by atoms with van der Waals surface area (Å²) in [6.07, 6.45) is 4.43. The van der Waals surface area contributed by atoms with Crippen molar-refractivity contribution >= 4 is 34.7 Å². The minimum Gasteiger partial charge on any atom is -0.486 e. The molecule has 1 aromatic carbocycles. The Labute approximate surface area is 224 Å². The van der Waals surface area contributed by atoms with Gasteiger partial charge in [-0.15, -0.1) is 0 Å². The Morgan fingerprint density at radius 1 is 1.13 bits per heavy atom. The number of aryl methyl sites for hydroxylation is 2. The van der Waals surface area contributed by atoms with Crippen LogP contribution >= 0.6 is 11.8 Å². The number of aromatic nitrogens is 4. The molecule has 11 heteroatoms. The Balaban J connectivity index is 1.34. The highest BCUT2D eigenvalue weighted by Gasteiger charge is 2.25. The quantitative estimate of drug-likeness (QED) is 0.380. The summed E-state index contributed by atoms with van der Waals surface area (Å²) in [5.74, 6) is 4.01. The van der Waals surface area contributed by atoms with E-state index >= 15 is 0 Å². The van der Waals surface area contributed by atoms with E-state index in [-0.39, 0.29) is 5.91 Å². The molecule has 1 saturated heterocycles. The molecule has 3 aromatic heterocycles. The van der Waals surface area contributed by atoms with E-state index in [0.29, 0.717) is 47.6 Å². The first-order valence-electron chi connectivity index (χ1n) is 12.9. The predicted molar refractivity (Wildman–Crippen MR) is 143 cm³/mol. The average molecular weight is 535 g/mol. The van der Waals surface area contributed by atoms with Gasteiger partial charge in [-0.2, -0.15) is 0 Å². The largest absolute Gasteiger partial charge is 0.486 e. The molecular weight excluding hydrogens is 504 g/mol. The lowest BCUT2D eigenvalue weighted by molar-refractivity contribution is -0.130. The minimum atomic E-state index is 0.150. The van der Waals surface area contributed by atoms with Crippen LogP contribution in [0.2, 0.25) is 0 Å². The van der Waals surface area contributed by atoms with Gasteiger partial charge in [-0.1, -0.05) is 11.8 Å². The van der Waals surface area contributed by atoms with Crippen molar-refractivity contribution in [2.45, 2.75) is 49.7 Å². The van der Waals surface area contributed by atoms with Gasteiger partial charge in [-0.25, -0.2) is 15.0 Å². The standard InChI is InChI=1S/C27H30N6O4S/c1-16-3-4-20(37-16)19-13-21-22(36-12-11-35-21)14-23(19)38-27-31-24-25(28)29-15-30-26(24)33(27)10-7-18-5-8-32(9-6-18)17(2)34/h3-4,13-15,18H,5-12H2,1-2H3,(H2,28,29,30). The number of hydrogen-bond donors (Lipinski definition) is 1. The lowest BCUT2D eigenvalue weighted by Crippen LogP contribution is -2.37. The Hall–Kier alpha value is -3.73. The van der Waals surface area contributed by atoms with E-state index in [2.05, 4.69) is 14.5 Å². The number of hydrogen-bond acceptors (Lipinski definition) is 9. The van der Waals surface area contributed by atoms with Crippen molar-refractivity contribution in [2.75, 3.05) is 32.0 Å². The number of anilines is 1. The molecule has 2 aliphatic rings. The van der Waals surface area contributed by atoms with Gasteiger partial charge in [-0.05, 0) is 56.4 Å². The van der Waals surface area contributed by atoms with E-state index in [1.165, 1.54) is 18.1 Å². The molecule has 10 nitrogen and oxygen atoms in total. The molecule has 0 bridgehead atoms. The first-order valence-corrected chi connectivity index (χ1v) is 13.7. The van der Waals surface area contributed by atoms with Gasteiger partial charge in [0, 0.05) is 37.0 Å². The fourth-order valence-corrected chi connectivity index (χ4v) is 6.14. The molecule has 2 aliphatic heterocycles. The van der Waals surface area contributed by atoms with Gasteiger partial charge in [0.2, 0.25) is 5.91 Å². The van der Waals surface area contributed by atoms with Crippen molar-refractivity contribution in [1.82, 2.24) is 24.4 Å². The van der Waals surface area contributed by atoms with Gasteiger partial charge in [0.05, 0.1) is 0 Å². The van der Waals surface area contributed by atoms with E-state index in [0.717, 1.165) is 66.0 Å². The molecule has 1 fully saturated rings. The van der Waals surface area contributed by atoms with Crippen LogP contribution in [0.25, 0.3) is 22.5 Å². The maximum Gasteiger partial charge on any atom is 0.219 e. The normalized spacial score (nSPS) is 15.8. The molecule has 198 valence electrons. The number of amides is 1. The average Bonchev–Trinajstić information content (AvgIpc) is 3.51. The van der Waals surface area contributed by atoms with Gasteiger partial charge in [0.15, 0.2) is 33.6 Å². The molecule has 1 amide bonds. The Morgan fingerprint density at radius 2 is 1.89 bits per heavy atom. The summed E-state index contributed by atoms with van der Waals surface area (Å²) in [6.45, 7) is 6.94. The van der Waals surface area contributed by atoms with Crippen LogP contribution in [0.15, 0.2) is 45.1 Å². The van der Waals surface area contributed by atoms with Crippen molar-refractivity contribution in [1.29, 1.82) is 0 Å². The van der Waals surface area contributed by atoms with E-state index < -0.39 is 0 Å². The summed E-state index contributed by atoms with van der Waals surface area (Å²) in [7, 11) is 0. The molecule has 0 atom stereocenters. The third-order valence-electron chi connectivity index (χ3n) is 7.20. The Kier molecular flexibility index (Phi) is 6.61. The lowest BCUT2D eigenvalue weighted by Gasteiger charge is -2.31. The monoisotopic (exact) mass is 534 g/mol. The zero-order valence-corrected chi connectivity index (χ0v) is 22.3. The fraction of sp³-hybridized carbons (Fsp3) is 0.407. The number of nitrogens with zero attached hydrogens (tertiary/aromatic N) is 5. The first kappa shape index (κ1) is 24.6. The number of nitrogens with two attached hydrogens (primary N) is 1. The summed E-state index contributed by atoms with van der Waals surface area (Å²) in [4.78, 5) is 28.2. The van der Waals surface area contributed by atoms with Gasteiger partial charge >= 0.3 is 0 Å². The van der Waals surface area contributed by atoms with Crippen LogP contribution in [0.5, 0.6) is 11.5 Å². The second-order valence-electron chi connectivity index (χ2n) is 9.72. The number of imidazole rings is 1. The topological polar surface area (TPSA) is 122 Å². The summed E-state index contributed by atoms with van der Waals surface area (Å²) in [6, 6.07) is 7.87. The lowest BCUT2D eigenvalue weighted by atomic mass is 9.93. The van der Waals surface area contributed by atoms with E-state index in [1.807, 2.05) is 36.1 Å². The van der Waals surface area contributed by atoms with Crippen molar-refractivity contribution in [2.24, 2.45) is 5.92 Å². The van der Waals surface area contributed by atoms with Crippen molar-refractivity contribution in [3.8, 4) is 22.8 Å². The zero-order valence-electron chi connectivity index (χ0n) is 21.5. The second kappa shape index (κ2) is 10.2. The second-order valence-corrected chi connectivity index (χ2v) is 10.7. The zero-order chi connectivity index (χ0) is 26.2. The van der Waals surface area contributed by atoms with Gasteiger partial charge in [0.25, 0.3) is 0 Å². The molecule has 0 unspecified atom stereocenters. The van der Waals surface area contributed by atoms with E-state index in [9.17, 15) is 4.79 Å². The molecule has 2 N–H and O–H groups in total. The smallest absolute Gasteiger partial charge is 0.219 e. The van der Waals surface area contributed by atoms with Crippen LogP contribution in [-0.4, -0.2) is 56.6 Å². The van der Waals surface area contributed by atoms with Crippen LogP contribution in [-0.2, 0) is 11.3 Å². The number of rotatable bonds is 6. The molecule has 38 heavy (non-hydrogen) atoms. The summed E-state index contributed by atoms with van der Waals surface area (Å²) < 4.78 is 19.9. The number of carbonyl (C=O) groups excluding carboxylic acids is 1. The number of nitrogen functional groups attached to an aromatic ring is 1. The highest BCUT2D eigenvalue weighted by atomic mass is 32.2. The molecular formula is C27H30N6O4S. The summed E-state index contributed by atoms with van der Waals surface area (Å²) >= 11 is 1.52. The van der Waals surface area contributed by atoms with Crippen LogP contribution in [0.4, 0.5) is 5.82 Å². The number of benzene rings is 1. The fourth-order valence-electron chi connectivity index (χ4n) is 5.09. The number of likely N-dealkylation sites (tertiary alicyclic amines) is 1. The molecule has 0 spiro atoms. The molecule has 5 heterocycles. The summed E-state index contributed by atoms with van der Waals surface area (Å²) in [5, 5.41) is 0.773. The third-order valence-corrected chi connectivity index (χ3v) is 8.25. The maximum atomic E-state index is 11.7. The maximum absolute atomic E-state index is 11.7. The SMILES string of the molecule is CC(=O)N1CCC(CCn2c(Sc3cc4c(cc3-c3ccc(C)o3)OCCO4)nc3c(N)ncnc32)CC1. The molecule has 4 aromatic rings. The molecule has 6 rings (SSSR count). The number of ether oxygens (including phenoxy) is 2. The number of fused-ring (bicyclic) bond motifs is 2. The first-order chi connectivity index (χ1) is 18.5. The predicted octanol–water partition coefficient (Wildman–Crippen LogP) is 4.55. The molecule has 0 radical (unpaired) electrons. The minimum absolute atomic E-state index is 0.150. The Morgan fingerprint density at radius 3 is 2.61 bits per heavy atom. The molecule has 0 aliphatic carbocycles. The number of piperidine rings is 1. The Bertz CT molecular complexity index is 1490. The van der Waals surface area contributed by atoms with Crippen LogP contribution < -0.4 is 15.2 Å². The van der Waals surface area contributed by atoms with E-state index in [4.69, 9.17) is 24.6 Å². The van der Waals surface area contributed by atoms with Crippen LogP contribution in [0.3, 0.4) is 0 Å². The van der Waals surface area contributed by atoms with Crippen LogP contribution in [0.1, 0.15) is 31.9 Å². The number of carbonyl (C=O) groups is 1. The highest BCUT2D eigenvalue weighted by Crippen LogP contribution is 2.44. The van der Waals surface area contributed by atoms with Crippen molar-refractivity contribution in [3.05, 3.63) is 36.4 Å².